The summed E-state index contributed by atoms with van der Waals surface area (Å²) < 4.78 is 5.13. The van der Waals surface area contributed by atoms with Crippen molar-refractivity contribution in [3.8, 4) is 0 Å². The van der Waals surface area contributed by atoms with E-state index < -0.39 is 0 Å². The van der Waals surface area contributed by atoms with Gasteiger partial charge in [0.15, 0.2) is 11.2 Å². The summed E-state index contributed by atoms with van der Waals surface area (Å²) in [7, 11) is 3.18. The Morgan fingerprint density at radius 2 is 1.80 bits per heavy atom. The van der Waals surface area contributed by atoms with E-state index in [1.54, 1.807) is 7.05 Å². The van der Waals surface area contributed by atoms with Crippen molar-refractivity contribution in [3.05, 3.63) is 55.9 Å². The van der Waals surface area contributed by atoms with Gasteiger partial charge in [-0.15, -0.1) is 0 Å². The Morgan fingerprint density at radius 3 is 2.63 bits per heavy atom. The summed E-state index contributed by atoms with van der Waals surface area (Å²) in [5.41, 5.74) is 5.93. The van der Waals surface area contributed by atoms with Gasteiger partial charge in [0.25, 0.3) is 5.56 Å². The van der Waals surface area contributed by atoms with Crippen LogP contribution < -0.4 is 16.1 Å². The maximum Gasteiger partial charge on any atom is 0.332 e. The zero-order valence-electron chi connectivity index (χ0n) is 20.5. The molecule has 7 rings (SSSR count). The molecule has 182 valence electrons. The summed E-state index contributed by atoms with van der Waals surface area (Å²) in [4.78, 5) is 35.5. The average Bonchev–Trinajstić information content (AvgIpc) is 3.48. The van der Waals surface area contributed by atoms with Gasteiger partial charge >= 0.3 is 5.69 Å². The van der Waals surface area contributed by atoms with E-state index in [2.05, 4.69) is 32.7 Å². The Morgan fingerprint density at radius 1 is 0.971 bits per heavy atom. The molecule has 1 atom stereocenters. The second kappa shape index (κ2) is 7.60. The first-order valence-electron chi connectivity index (χ1n) is 13.1. The van der Waals surface area contributed by atoms with Gasteiger partial charge in [0, 0.05) is 43.8 Å². The first-order valence-corrected chi connectivity index (χ1v) is 13.1. The summed E-state index contributed by atoms with van der Waals surface area (Å²) in [6.45, 7) is 1.71. The SMILES string of the molecule is Cn1c(=O)c2[nH]c(N3CCn4c5c(c6cc(C7CCCCC7)ccc64)CCC[C@@H]53)nc2n(C)c1=O. The average molecular weight is 473 g/mol. The number of hydrogen-bond acceptors (Lipinski definition) is 4. The number of aromatic amines is 1. The first-order chi connectivity index (χ1) is 17.0. The van der Waals surface area contributed by atoms with Crippen molar-refractivity contribution < 1.29 is 0 Å². The number of rotatable bonds is 2. The van der Waals surface area contributed by atoms with Crippen LogP contribution in [0.3, 0.4) is 0 Å². The van der Waals surface area contributed by atoms with E-state index in [4.69, 9.17) is 4.98 Å². The van der Waals surface area contributed by atoms with Gasteiger partial charge in [0.2, 0.25) is 5.95 Å². The van der Waals surface area contributed by atoms with Crippen LogP contribution in [0.15, 0.2) is 27.8 Å². The zero-order chi connectivity index (χ0) is 23.8. The van der Waals surface area contributed by atoms with Crippen molar-refractivity contribution in [1.29, 1.82) is 0 Å². The van der Waals surface area contributed by atoms with E-state index in [1.807, 2.05) is 0 Å². The summed E-state index contributed by atoms with van der Waals surface area (Å²) in [6, 6.07) is 7.47. The van der Waals surface area contributed by atoms with Gasteiger partial charge in [-0.2, -0.15) is 4.98 Å². The second-order valence-corrected chi connectivity index (χ2v) is 10.7. The maximum atomic E-state index is 12.7. The topological polar surface area (TPSA) is 80.8 Å². The molecule has 1 fully saturated rings. The fourth-order valence-corrected chi connectivity index (χ4v) is 7.02. The number of H-pyrrole nitrogens is 1. The van der Waals surface area contributed by atoms with Crippen LogP contribution in [0.2, 0.25) is 0 Å². The smallest absolute Gasteiger partial charge is 0.332 e. The number of aromatic nitrogens is 5. The highest BCUT2D eigenvalue weighted by molar-refractivity contribution is 5.87. The Labute approximate surface area is 203 Å². The Bertz CT molecular complexity index is 1600. The van der Waals surface area contributed by atoms with Crippen LogP contribution in [0, 0.1) is 0 Å². The lowest BCUT2D eigenvalue weighted by Gasteiger charge is -2.39. The van der Waals surface area contributed by atoms with Gasteiger partial charge in [-0.1, -0.05) is 25.3 Å². The van der Waals surface area contributed by atoms with E-state index in [9.17, 15) is 9.59 Å². The summed E-state index contributed by atoms with van der Waals surface area (Å²) in [5, 5.41) is 1.44. The molecule has 3 aliphatic rings. The summed E-state index contributed by atoms with van der Waals surface area (Å²) >= 11 is 0. The molecule has 1 N–H and O–H groups in total. The number of hydrogen-bond donors (Lipinski definition) is 1. The van der Waals surface area contributed by atoms with Crippen molar-refractivity contribution in [2.75, 3.05) is 11.4 Å². The lowest BCUT2D eigenvalue weighted by Crippen LogP contribution is -2.40. The molecule has 4 aromatic rings. The van der Waals surface area contributed by atoms with E-state index in [0.29, 0.717) is 23.0 Å². The molecule has 0 unspecified atom stereocenters. The maximum absolute atomic E-state index is 12.7. The van der Waals surface area contributed by atoms with E-state index in [-0.39, 0.29) is 17.3 Å². The fraction of sp³-hybridized carbons (Fsp3) is 0.519. The molecule has 8 nitrogen and oxygen atoms in total. The number of benzene rings is 1. The highest BCUT2D eigenvalue weighted by atomic mass is 16.2. The molecule has 4 heterocycles. The number of fused-ring (bicyclic) bond motifs is 4. The molecule has 35 heavy (non-hydrogen) atoms. The highest BCUT2D eigenvalue weighted by Crippen LogP contribution is 2.45. The summed E-state index contributed by atoms with van der Waals surface area (Å²) in [6.07, 6.45) is 10.0. The van der Waals surface area contributed by atoms with Crippen LogP contribution in [0.4, 0.5) is 5.95 Å². The first kappa shape index (κ1) is 21.0. The van der Waals surface area contributed by atoms with Gasteiger partial charge in [-0.3, -0.25) is 13.9 Å². The zero-order valence-corrected chi connectivity index (χ0v) is 20.5. The molecule has 0 spiro atoms. The minimum Gasteiger partial charge on any atom is -0.341 e. The normalized spacial score (nSPS) is 20.6. The number of nitrogens with zero attached hydrogens (tertiary/aromatic N) is 5. The number of aryl methyl sites for hydroxylation is 2. The number of anilines is 1. The molecule has 2 aliphatic carbocycles. The molecule has 1 aromatic carbocycles. The van der Waals surface area contributed by atoms with Gasteiger partial charge in [-0.05, 0) is 61.3 Å². The molecule has 1 saturated carbocycles. The van der Waals surface area contributed by atoms with Crippen molar-refractivity contribution in [1.82, 2.24) is 23.7 Å². The van der Waals surface area contributed by atoms with Crippen LogP contribution in [0.5, 0.6) is 0 Å². The molecule has 8 heteroatoms. The van der Waals surface area contributed by atoms with Gasteiger partial charge in [0.1, 0.15) is 0 Å². The predicted octanol–water partition coefficient (Wildman–Crippen LogP) is 3.86. The molecule has 1 aliphatic heterocycles. The van der Waals surface area contributed by atoms with Gasteiger partial charge in [-0.25, -0.2) is 4.79 Å². The predicted molar refractivity (Wildman–Crippen MR) is 137 cm³/mol. The van der Waals surface area contributed by atoms with E-state index in [0.717, 1.165) is 36.9 Å². The highest BCUT2D eigenvalue weighted by Gasteiger charge is 2.36. The minimum absolute atomic E-state index is 0.222. The quantitative estimate of drug-likeness (QED) is 0.480. The van der Waals surface area contributed by atoms with Crippen molar-refractivity contribution >= 4 is 28.0 Å². The Hall–Kier alpha value is -3.29. The molecular formula is C27H32N6O2. The molecular weight excluding hydrogens is 440 g/mol. The molecule has 0 amide bonds. The second-order valence-electron chi connectivity index (χ2n) is 10.7. The third-order valence-electron chi connectivity index (χ3n) is 8.83. The van der Waals surface area contributed by atoms with Gasteiger partial charge in [0.05, 0.1) is 6.04 Å². The van der Waals surface area contributed by atoms with Crippen LogP contribution in [0.25, 0.3) is 22.1 Å². The minimum atomic E-state index is -0.354. The lowest BCUT2D eigenvalue weighted by molar-refractivity contribution is 0.432. The standard InChI is InChI=1S/C27H32N6O2/c1-30-24-22(25(34)31(2)27(30)35)28-26(29-24)33-14-13-32-20-12-11-17(16-7-4-3-5-8-16)15-19(20)18-9-6-10-21(33)23(18)32/h11-12,15-16,21H,3-10,13-14H2,1-2H3,(H,28,29)/t21-/m0/s1. The molecule has 0 radical (unpaired) electrons. The van der Waals surface area contributed by atoms with Crippen molar-refractivity contribution in [2.45, 2.75) is 69.9 Å². The van der Waals surface area contributed by atoms with Crippen LogP contribution in [-0.4, -0.2) is 30.2 Å². The van der Waals surface area contributed by atoms with Crippen molar-refractivity contribution in [3.63, 3.8) is 0 Å². The Kier molecular flexibility index (Phi) is 4.57. The third-order valence-corrected chi connectivity index (χ3v) is 8.83. The third kappa shape index (κ3) is 2.95. The monoisotopic (exact) mass is 472 g/mol. The van der Waals surface area contributed by atoms with Crippen LogP contribution in [-0.2, 0) is 27.1 Å². The lowest BCUT2D eigenvalue weighted by atomic mass is 9.83. The van der Waals surface area contributed by atoms with E-state index >= 15 is 0 Å². The van der Waals surface area contributed by atoms with E-state index in [1.165, 1.54) is 71.4 Å². The van der Waals surface area contributed by atoms with Crippen molar-refractivity contribution in [2.24, 2.45) is 14.1 Å². The largest absolute Gasteiger partial charge is 0.341 e. The molecule has 0 bridgehead atoms. The summed E-state index contributed by atoms with van der Waals surface area (Å²) in [5.74, 6) is 1.40. The number of nitrogens with one attached hydrogen (secondary N) is 1. The molecule has 3 aromatic heterocycles. The number of imidazole rings is 1. The molecule has 0 saturated heterocycles. The van der Waals surface area contributed by atoms with Crippen LogP contribution >= 0.6 is 0 Å². The van der Waals surface area contributed by atoms with Crippen LogP contribution in [0.1, 0.15) is 73.7 Å². The fourth-order valence-electron chi connectivity index (χ4n) is 7.02. The Balaban J connectivity index is 1.34. The van der Waals surface area contributed by atoms with Gasteiger partial charge < -0.3 is 14.5 Å².